The van der Waals surface area contributed by atoms with E-state index in [1.165, 1.54) is 0 Å². The molecule has 0 bridgehead atoms. The van der Waals surface area contributed by atoms with Gasteiger partial charge in [0.25, 0.3) is 0 Å². The molecule has 0 fully saturated rings. The zero-order valence-corrected chi connectivity index (χ0v) is 11.7. The van der Waals surface area contributed by atoms with E-state index in [4.69, 9.17) is 0 Å². The van der Waals surface area contributed by atoms with Crippen LogP contribution in [0.15, 0.2) is 18.3 Å². The third kappa shape index (κ3) is 2.65. The molecule has 100 valence electrons. The van der Waals surface area contributed by atoms with Crippen molar-refractivity contribution in [2.45, 2.75) is 27.3 Å². The van der Waals surface area contributed by atoms with Crippen LogP contribution in [-0.2, 0) is 13.6 Å². The van der Waals surface area contributed by atoms with Gasteiger partial charge >= 0.3 is 0 Å². The molecule has 0 radical (unpaired) electrons. The lowest BCUT2D eigenvalue weighted by molar-refractivity contribution is 0.104. The van der Waals surface area contributed by atoms with Crippen LogP contribution >= 0.6 is 0 Å². The van der Waals surface area contributed by atoms with Gasteiger partial charge in [-0.25, -0.2) is 0 Å². The van der Waals surface area contributed by atoms with E-state index >= 15 is 0 Å². The first kappa shape index (κ1) is 13.3. The number of carbonyl (C=O) groups is 1. The molecule has 2 heterocycles. The Kier molecular flexibility index (Phi) is 3.64. The van der Waals surface area contributed by atoms with Crippen molar-refractivity contribution >= 4 is 11.9 Å². The predicted octanol–water partition coefficient (Wildman–Crippen LogP) is 2.15. The number of ketones is 1. The topological polar surface area (TPSA) is 52.7 Å². The van der Waals surface area contributed by atoms with E-state index in [1.807, 2.05) is 44.8 Å². The summed E-state index contributed by atoms with van der Waals surface area (Å²) < 4.78 is 3.55. The monoisotopic (exact) mass is 258 g/mol. The Bertz CT molecular complexity index is 634. The van der Waals surface area contributed by atoms with Crippen molar-refractivity contribution in [1.29, 1.82) is 0 Å². The quantitative estimate of drug-likeness (QED) is 0.623. The fraction of sp³-hybridized carbons (Fsp3) is 0.357. The van der Waals surface area contributed by atoms with Crippen LogP contribution in [0.5, 0.6) is 0 Å². The van der Waals surface area contributed by atoms with Gasteiger partial charge < -0.3 is 0 Å². The summed E-state index contributed by atoms with van der Waals surface area (Å²) >= 11 is 0. The smallest absolute Gasteiger partial charge is 0.189 e. The third-order valence-electron chi connectivity index (χ3n) is 3.15. The standard InChI is InChI=1S/C14H18N4O/c1-5-18-9-8-12(16-18)6-7-13(19)14-10(2)15-17(4)11(14)3/h6-9H,5H2,1-4H3/b7-6+. The van der Waals surface area contributed by atoms with Crippen molar-refractivity contribution in [1.82, 2.24) is 19.6 Å². The molecule has 0 atom stereocenters. The highest BCUT2D eigenvalue weighted by Gasteiger charge is 2.14. The molecule has 0 unspecified atom stereocenters. The Morgan fingerprint density at radius 1 is 1.37 bits per heavy atom. The Hall–Kier alpha value is -2.17. The maximum absolute atomic E-state index is 12.2. The van der Waals surface area contributed by atoms with E-state index in [0.29, 0.717) is 5.56 Å². The molecule has 0 amide bonds. The molecule has 0 saturated heterocycles. The van der Waals surface area contributed by atoms with E-state index in [0.717, 1.165) is 23.6 Å². The summed E-state index contributed by atoms with van der Waals surface area (Å²) in [4.78, 5) is 12.2. The molecule has 0 aromatic carbocycles. The minimum atomic E-state index is -0.0332. The van der Waals surface area contributed by atoms with Gasteiger partial charge in [0.15, 0.2) is 5.78 Å². The lowest BCUT2D eigenvalue weighted by Gasteiger charge is -1.96. The van der Waals surface area contributed by atoms with Crippen LogP contribution in [0.4, 0.5) is 0 Å². The number of aryl methyl sites for hydroxylation is 3. The second-order valence-electron chi connectivity index (χ2n) is 4.46. The number of hydrogen-bond donors (Lipinski definition) is 0. The van der Waals surface area contributed by atoms with Crippen LogP contribution in [0.3, 0.4) is 0 Å². The zero-order valence-electron chi connectivity index (χ0n) is 11.7. The molecular weight excluding hydrogens is 240 g/mol. The summed E-state index contributed by atoms with van der Waals surface area (Å²) in [6.07, 6.45) is 5.18. The van der Waals surface area contributed by atoms with Crippen LogP contribution in [-0.4, -0.2) is 25.3 Å². The number of hydrogen-bond acceptors (Lipinski definition) is 3. The van der Waals surface area contributed by atoms with Crippen molar-refractivity contribution < 1.29 is 4.79 Å². The average molecular weight is 258 g/mol. The fourth-order valence-corrected chi connectivity index (χ4v) is 2.02. The number of rotatable bonds is 4. The largest absolute Gasteiger partial charge is 0.289 e. The first-order valence-electron chi connectivity index (χ1n) is 6.29. The predicted molar refractivity (Wildman–Crippen MR) is 73.9 cm³/mol. The van der Waals surface area contributed by atoms with E-state index in [2.05, 4.69) is 10.2 Å². The van der Waals surface area contributed by atoms with Crippen molar-refractivity contribution in [2.75, 3.05) is 0 Å². The molecule has 0 spiro atoms. The molecule has 5 nitrogen and oxygen atoms in total. The zero-order chi connectivity index (χ0) is 14.0. The maximum atomic E-state index is 12.2. The van der Waals surface area contributed by atoms with Crippen LogP contribution in [0.1, 0.15) is 34.4 Å². The summed E-state index contributed by atoms with van der Waals surface area (Å²) in [6, 6.07) is 1.89. The van der Waals surface area contributed by atoms with Crippen molar-refractivity contribution in [2.24, 2.45) is 7.05 Å². The van der Waals surface area contributed by atoms with Gasteiger partial charge in [-0.2, -0.15) is 10.2 Å². The van der Waals surface area contributed by atoms with Gasteiger partial charge in [0, 0.05) is 25.5 Å². The molecule has 2 aromatic rings. The van der Waals surface area contributed by atoms with Crippen LogP contribution in [0, 0.1) is 13.8 Å². The van der Waals surface area contributed by atoms with Crippen LogP contribution in [0.2, 0.25) is 0 Å². The SMILES string of the molecule is CCn1ccc(/C=C/C(=O)c2c(C)nn(C)c2C)n1. The summed E-state index contributed by atoms with van der Waals surface area (Å²) in [5, 5.41) is 8.55. The molecule has 2 aromatic heterocycles. The van der Waals surface area contributed by atoms with Crippen LogP contribution < -0.4 is 0 Å². The molecule has 0 saturated carbocycles. The van der Waals surface area contributed by atoms with E-state index < -0.39 is 0 Å². The summed E-state index contributed by atoms with van der Waals surface area (Å²) in [5.74, 6) is -0.0332. The number of allylic oxidation sites excluding steroid dienone is 1. The Morgan fingerprint density at radius 3 is 2.63 bits per heavy atom. The summed E-state index contributed by atoms with van der Waals surface area (Å²) in [5.41, 5.74) is 3.10. The van der Waals surface area contributed by atoms with Gasteiger partial charge in [-0.1, -0.05) is 0 Å². The highest BCUT2D eigenvalue weighted by atomic mass is 16.1. The third-order valence-corrected chi connectivity index (χ3v) is 3.15. The van der Waals surface area contributed by atoms with E-state index in [1.54, 1.807) is 16.8 Å². The minimum absolute atomic E-state index is 0.0332. The van der Waals surface area contributed by atoms with E-state index in [9.17, 15) is 4.79 Å². The second-order valence-corrected chi connectivity index (χ2v) is 4.46. The first-order valence-corrected chi connectivity index (χ1v) is 6.29. The Balaban J connectivity index is 2.21. The molecular formula is C14H18N4O. The normalized spacial score (nSPS) is 11.4. The molecule has 0 aliphatic carbocycles. The minimum Gasteiger partial charge on any atom is -0.289 e. The Morgan fingerprint density at radius 2 is 2.11 bits per heavy atom. The van der Waals surface area contributed by atoms with Crippen molar-refractivity contribution in [3.63, 3.8) is 0 Å². The molecule has 0 aliphatic rings. The lowest BCUT2D eigenvalue weighted by Crippen LogP contribution is -1.99. The van der Waals surface area contributed by atoms with Gasteiger partial charge in [0.05, 0.1) is 17.0 Å². The van der Waals surface area contributed by atoms with Gasteiger partial charge in [0.2, 0.25) is 0 Å². The van der Waals surface area contributed by atoms with Crippen molar-refractivity contribution in [3.8, 4) is 0 Å². The molecule has 5 heteroatoms. The maximum Gasteiger partial charge on any atom is 0.189 e. The fourth-order valence-electron chi connectivity index (χ4n) is 2.02. The highest BCUT2D eigenvalue weighted by Crippen LogP contribution is 2.13. The number of carbonyl (C=O) groups excluding carboxylic acids is 1. The molecule has 0 N–H and O–H groups in total. The van der Waals surface area contributed by atoms with E-state index in [-0.39, 0.29) is 5.78 Å². The summed E-state index contributed by atoms with van der Waals surface area (Å²) in [6.45, 7) is 6.59. The number of nitrogens with zero attached hydrogens (tertiary/aromatic N) is 4. The second kappa shape index (κ2) is 5.22. The van der Waals surface area contributed by atoms with Gasteiger partial charge in [-0.05, 0) is 39.0 Å². The Labute approximate surface area is 112 Å². The first-order chi connectivity index (χ1) is 9.02. The van der Waals surface area contributed by atoms with Gasteiger partial charge in [-0.3, -0.25) is 14.2 Å². The average Bonchev–Trinajstić information content (AvgIpc) is 2.93. The van der Waals surface area contributed by atoms with Gasteiger partial charge in [0.1, 0.15) is 0 Å². The lowest BCUT2D eigenvalue weighted by atomic mass is 10.1. The van der Waals surface area contributed by atoms with Crippen LogP contribution in [0.25, 0.3) is 6.08 Å². The van der Waals surface area contributed by atoms with Crippen molar-refractivity contribution in [3.05, 3.63) is 41.0 Å². The molecule has 19 heavy (non-hydrogen) atoms. The van der Waals surface area contributed by atoms with Gasteiger partial charge in [-0.15, -0.1) is 0 Å². The number of aromatic nitrogens is 4. The summed E-state index contributed by atoms with van der Waals surface area (Å²) in [7, 11) is 1.84. The highest BCUT2D eigenvalue weighted by molar-refractivity contribution is 6.08. The molecule has 0 aliphatic heterocycles. The molecule has 2 rings (SSSR count).